The number of benzene rings is 1. The Labute approximate surface area is 121 Å². The molecule has 0 radical (unpaired) electrons. The van der Waals surface area contributed by atoms with E-state index < -0.39 is 0 Å². The Morgan fingerprint density at radius 3 is 2.55 bits per heavy atom. The summed E-state index contributed by atoms with van der Waals surface area (Å²) >= 11 is 0. The Bertz CT molecular complexity index is 386. The van der Waals surface area contributed by atoms with Crippen molar-refractivity contribution in [2.45, 2.75) is 38.3 Å². The van der Waals surface area contributed by atoms with E-state index in [1.165, 1.54) is 5.56 Å². The SMILES string of the molecule is CC(c1ccc(O)cc1)N1CCC(OCCCN)CC1. The van der Waals surface area contributed by atoms with Crippen molar-refractivity contribution in [1.29, 1.82) is 0 Å². The molecule has 0 amide bonds. The predicted octanol–water partition coefficient (Wildman–Crippen LogP) is 2.28. The van der Waals surface area contributed by atoms with E-state index in [-0.39, 0.29) is 0 Å². The normalized spacial score (nSPS) is 19.1. The number of rotatable bonds is 6. The van der Waals surface area contributed by atoms with Gasteiger partial charge in [0.05, 0.1) is 6.10 Å². The van der Waals surface area contributed by atoms with Crippen LogP contribution in [0.25, 0.3) is 0 Å². The third-order valence-corrected chi connectivity index (χ3v) is 4.10. The van der Waals surface area contributed by atoms with E-state index in [1.54, 1.807) is 12.1 Å². The molecule has 1 fully saturated rings. The minimum Gasteiger partial charge on any atom is -0.508 e. The van der Waals surface area contributed by atoms with Gasteiger partial charge in [-0.1, -0.05) is 12.1 Å². The average Bonchev–Trinajstić information content (AvgIpc) is 2.48. The van der Waals surface area contributed by atoms with E-state index in [9.17, 15) is 5.11 Å². The first-order chi connectivity index (χ1) is 9.70. The van der Waals surface area contributed by atoms with Crippen LogP contribution in [0.3, 0.4) is 0 Å². The maximum atomic E-state index is 9.35. The van der Waals surface area contributed by atoms with Crippen LogP contribution >= 0.6 is 0 Å². The highest BCUT2D eigenvalue weighted by Gasteiger charge is 2.23. The van der Waals surface area contributed by atoms with Crippen molar-refractivity contribution in [2.75, 3.05) is 26.2 Å². The zero-order chi connectivity index (χ0) is 14.4. The first-order valence-electron chi connectivity index (χ1n) is 7.55. The van der Waals surface area contributed by atoms with Crippen LogP contribution < -0.4 is 5.73 Å². The van der Waals surface area contributed by atoms with Crippen molar-refractivity contribution in [3.8, 4) is 5.75 Å². The number of aromatic hydroxyl groups is 1. The zero-order valence-electron chi connectivity index (χ0n) is 12.3. The molecule has 0 bridgehead atoms. The van der Waals surface area contributed by atoms with Gasteiger partial charge in [-0.05, 0) is 50.4 Å². The third-order valence-electron chi connectivity index (χ3n) is 4.10. The molecule has 20 heavy (non-hydrogen) atoms. The summed E-state index contributed by atoms with van der Waals surface area (Å²) in [5.41, 5.74) is 6.73. The van der Waals surface area contributed by atoms with Crippen LogP contribution in [0.4, 0.5) is 0 Å². The quantitative estimate of drug-likeness (QED) is 0.784. The molecule has 0 aromatic heterocycles. The Kier molecular flexibility index (Phi) is 5.83. The summed E-state index contributed by atoms with van der Waals surface area (Å²) < 4.78 is 5.83. The second-order valence-corrected chi connectivity index (χ2v) is 5.52. The summed E-state index contributed by atoms with van der Waals surface area (Å²) in [6, 6.07) is 7.91. The molecule has 1 aliphatic rings. The summed E-state index contributed by atoms with van der Waals surface area (Å²) in [6.45, 7) is 5.85. The minimum absolute atomic E-state index is 0.327. The summed E-state index contributed by atoms with van der Waals surface area (Å²) in [5, 5.41) is 9.35. The van der Waals surface area contributed by atoms with Gasteiger partial charge in [0.1, 0.15) is 5.75 Å². The second-order valence-electron chi connectivity index (χ2n) is 5.52. The molecule has 112 valence electrons. The van der Waals surface area contributed by atoms with E-state index in [0.717, 1.165) is 39.0 Å². The summed E-state index contributed by atoms with van der Waals surface area (Å²) in [5.74, 6) is 0.327. The topological polar surface area (TPSA) is 58.7 Å². The van der Waals surface area contributed by atoms with E-state index in [2.05, 4.69) is 11.8 Å². The van der Waals surface area contributed by atoms with Crippen molar-refractivity contribution in [1.82, 2.24) is 4.90 Å². The summed E-state index contributed by atoms with van der Waals surface area (Å²) in [4.78, 5) is 2.48. The second kappa shape index (κ2) is 7.62. The van der Waals surface area contributed by atoms with Gasteiger partial charge in [0, 0.05) is 25.7 Å². The lowest BCUT2D eigenvalue weighted by Gasteiger charge is -2.36. The fourth-order valence-corrected chi connectivity index (χ4v) is 2.73. The van der Waals surface area contributed by atoms with Gasteiger partial charge in [0.15, 0.2) is 0 Å². The maximum absolute atomic E-state index is 9.35. The smallest absolute Gasteiger partial charge is 0.115 e. The molecule has 1 unspecified atom stereocenters. The van der Waals surface area contributed by atoms with E-state index in [4.69, 9.17) is 10.5 Å². The first kappa shape index (κ1) is 15.3. The third kappa shape index (κ3) is 4.20. The molecule has 0 saturated carbocycles. The number of nitrogens with zero attached hydrogens (tertiary/aromatic N) is 1. The molecular weight excluding hydrogens is 252 g/mol. The number of hydrogen-bond donors (Lipinski definition) is 2. The molecule has 1 atom stereocenters. The number of phenols is 1. The Balaban J connectivity index is 1.79. The predicted molar refractivity (Wildman–Crippen MR) is 80.7 cm³/mol. The number of piperidine rings is 1. The molecule has 2 rings (SSSR count). The highest BCUT2D eigenvalue weighted by atomic mass is 16.5. The van der Waals surface area contributed by atoms with Crippen LogP contribution in [0.15, 0.2) is 24.3 Å². The van der Waals surface area contributed by atoms with Crippen molar-refractivity contribution in [3.63, 3.8) is 0 Å². The number of nitrogens with two attached hydrogens (primary N) is 1. The molecule has 1 aromatic carbocycles. The molecule has 0 spiro atoms. The largest absolute Gasteiger partial charge is 0.508 e. The summed E-state index contributed by atoms with van der Waals surface area (Å²) in [7, 11) is 0. The van der Waals surface area contributed by atoms with Gasteiger partial charge in [-0.3, -0.25) is 4.90 Å². The molecule has 1 saturated heterocycles. The first-order valence-corrected chi connectivity index (χ1v) is 7.55. The summed E-state index contributed by atoms with van der Waals surface area (Å²) in [6.07, 6.45) is 3.52. The van der Waals surface area contributed by atoms with Crippen molar-refractivity contribution < 1.29 is 9.84 Å². The lowest BCUT2D eigenvalue weighted by molar-refractivity contribution is -0.000748. The van der Waals surface area contributed by atoms with Crippen LogP contribution in [0.2, 0.25) is 0 Å². The number of likely N-dealkylation sites (tertiary alicyclic amines) is 1. The number of hydrogen-bond acceptors (Lipinski definition) is 4. The van der Waals surface area contributed by atoms with E-state index >= 15 is 0 Å². The molecule has 4 nitrogen and oxygen atoms in total. The zero-order valence-corrected chi connectivity index (χ0v) is 12.3. The van der Waals surface area contributed by atoms with Crippen LogP contribution in [0.5, 0.6) is 5.75 Å². The monoisotopic (exact) mass is 278 g/mol. The van der Waals surface area contributed by atoms with Gasteiger partial charge in [0.2, 0.25) is 0 Å². The van der Waals surface area contributed by atoms with Gasteiger partial charge in [-0.15, -0.1) is 0 Å². The van der Waals surface area contributed by atoms with Crippen LogP contribution in [-0.4, -0.2) is 42.4 Å². The van der Waals surface area contributed by atoms with Crippen LogP contribution in [0, 0.1) is 0 Å². The molecule has 1 aliphatic heterocycles. The van der Waals surface area contributed by atoms with Gasteiger partial charge in [0.25, 0.3) is 0 Å². The van der Waals surface area contributed by atoms with E-state index in [0.29, 0.717) is 24.4 Å². The Morgan fingerprint density at radius 1 is 1.30 bits per heavy atom. The van der Waals surface area contributed by atoms with Crippen LogP contribution in [-0.2, 0) is 4.74 Å². The number of ether oxygens (including phenoxy) is 1. The van der Waals surface area contributed by atoms with Crippen molar-refractivity contribution in [3.05, 3.63) is 29.8 Å². The molecular formula is C16H26N2O2. The molecule has 3 N–H and O–H groups in total. The van der Waals surface area contributed by atoms with Gasteiger partial charge in [-0.2, -0.15) is 0 Å². The maximum Gasteiger partial charge on any atom is 0.115 e. The molecule has 1 heterocycles. The molecule has 4 heteroatoms. The lowest BCUT2D eigenvalue weighted by atomic mass is 10.0. The Morgan fingerprint density at radius 2 is 1.95 bits per heavy atom. The lowest BCUT2D eigenvalue weighted by Crippen LogP contribution is -2.38. The van der Waals surface area contributed by atoms with Gasteiger partial charge >= 0.3 is 0 Å². The van der Waals surface area contributed by atoms with Gasteiger partial charge < -0.3 is 15.6 Å². The standard InChI is InChI=1S/C16H26N2O2/c1-13(14-3-5-15(19)6-4-14)18-10-7-16(8-11-18)20-12-2-9-17/h3-6,13,16,19H,2,7-12,17H2,1H3. The minimum atomic E-state index is 0.327. The highest BCUT2D eigenvalue weighted by Crippen LogP contribution is 2.26. The van der Waals surface area contributed by atoms with Gasteiger partial charge in [-0.25, -0.2) is 0 Å². The number of phenolic OH excluding ortho intramolecular Hbond substituents is 1. The Hall–Kier alpha value is -1.10. The van der Waals surface area contributed by atoms with Crippen LogP contribution in [0.1, 0.15) is 37.8 Å². The molecule has 0 aliphatic carbocycles. The molecule has 1 aromatic rings. The van der Waals surface area contributed by atoms with Crippen molar-refractivity contribution >= 4 is 0 Å². The fraction of sp³-hybridized carbons (Fsp3) is 0.625. The highest BCUT2D eigenvalue weighted by molar-refractivity contribution is 5.27. The average molecular weight is 278 g/mol. The fourth-order valence-electron chi connectivity index (χ4n) is 2.73. The van der Waals surface area contributed by atoms with Crippen molar-refractivity contribution in [2.24, 2.45) is 5.73 Å². The van der Waals surface area contributed by atoms with E-state index in [1.807, 2.05) is 12.1 Å².